The first-order valence-electron chi connectivity index (χ1n) is 13.4. The number of hydrazone groups is 1. The van der Waals surface area contributed by atoms with Crippen LogP contribution < -0.4 is 20.2 Å². The van der Waals surface area contributed by atoms with Crippen molar-refractivity contribution >= 4 is 57.2 Å². The Hall–Kier alpha value is -3.85. The summed E-state index contributed by atoms with van der Waals surface area (Å²) in [6.45, 7) is 4.05. The van der Waals surface area contributed by atoms with E-state index >= 15 is 0 Å². The first-order valence-corrected chi connectivity index (χ1v) is 15.0. The predicted molar refractivity (Wildman–Crippen MR) is 174 cm³/mol. The number of halogens is 3. The monoisotopic (exact) mass is 681 g/mol. The molecule has 0 aliphatic rings. The van der Waals surface area contributed by atoms with Gasteiger partial charge in [-0.05, 0) is 82.9 Å². The Bertz CT molecular complexity index is 1580. The summed E-state index contributed by atoms with van der Waals surface area (Å²) in [6.07, 6.45) is 0.834. The fraction of sp³-hybridized carbons (Fsp3) is 0.182. The maximum absolute atomic E-state index is 13.2. The second-order valence-electron chi connectivity index (χ2n) is 9.78. The lowest BCUT2D eigenvalue weighted by atomic mass is 10.1. The predicted octanol–water partition coefficient (Wildman–Crippen LogP) is 7.29. The summed E-state index contributed by atoms with van der Waals surface area (Å²) in [5, 5.41) is 7.61. The Labute approximate surface area is 269 Å². The lowest BCUT2D eigenvalue weighted by Crippen LogP contribution is -2.50. The van der Waals surface area contributed by atoms with Crippen LogP contribution in [0.3, 0.4) is 0 Å². The van der Waals surface area contributed by atoms with Crippen molar-refractivity contribution in [2.75, 3.05) is 0 Å². The summed E-state index contributed by atoms with van der Waals surface area (Å²) >= 11 is 15.7. The van der Waals surface area contributed by atoms with Crippen molar-refractivity contribution in [3.63, 3.8) is 0 Å². The zero-order valence-electron chi connectivity index (χ0n) is 23.5. The molecule has 4 aromatic carbocycles. The molecule has 2 atom stereocenters. The van der Waals surface area contributed by atoms with Crippen LogP contribution in [0.15, 0.2) is 101 Å². The van der Waals surface area contributed by atoms with Crippen LogP contribution in [-0.2, 0) is 22.6 Å². The van der Waals surface area contributed by atoms with E-state index in [-0.39, 0.29) is 11.4 Å². The number of benzene rings is 4. The molecule has 10 heteroatoms. The molecule has 0 saturated heterocycles. The summed E-state index contributed by atoms with van der Waals surface area (Å²) in [7, 11) is 0. The molecule has 0 saturated carbocycles. The molecule has 7 nitrogen and oxygen atoms in total. The molecule has 0 spiro atoms. The van der Waals surface area contributed by atoms with E-state index < -0.39 is 24.0 Å². The molecule has 222 valence electrons. The molecule has 4 aromatic rings. The van der Waals surface area contributed by atoms with Crippen molar-refractivity contribution in [2.45, 2.75) is 39.0 Å². The quantitative estimate of drug-likeness (QED) is 0.121. The molecule has 0 unspecified atom stereocenters. The molecule has 43 heavy (non-hydrogen) atoms. The Morgan fingerprint density at radius 2 is 1.63 bits per heavy atom. The van der Waals surface area contributed by atoms with Crippen LogP contribution in [-0.4, -0.2) is 30.2 Å². The molecule has 0 bridgehead atoms. The van der Waals surface area contributed by atoms with Gasteiger partial charge in [-0.3, -0.25) is 9.59 Å². The summed E-state index contributed by atoms with van der Waals surface area (Å²) < 4.78 is 12.4. The van der Waals surface area contributed by atoms with Gasteiger partial charge >= 0.3 is 0 Å². The van der Waals surface area contributed by atoms with Crippen molar-refractivity contribution in [3.8, 4) is 11.5 Å². The van der Waals surface area contributed by atoms with Crippen molar-refractivity contribution in [1.82, 2.24) is 10.7 Å². The molecule has 2 amide bonds. The zero-order valence-corrected chi connectivity index (χ0v) is 26.6. The highest BCUT2D eigenvalue weighted by molar-refractivity contribution is 9.10. The average Bonchev–Trinajstić information content (AvgIpc) is 2.99. The van der Waals surface area contributed by atoms with Gasteiger partial charge in [0.2, 0.25) is 0 Å². The van der Waals surface area contributed by atoms with Gasteiger partial charge in [-0.25, -0.2) is 5.43 Å². The van der Waals surface area contributed by atoms with Gasteiger partial charge < -0.3 is 14.8 Å². The lowest BCUT2D eigenvalue weighted by Gasteiger charge is -2.21. The Balaban J connectivity index is 1.38. The number of hydrogen-bond donors (Lipinski definition) is 2. The first kappa shape index (κ1) is 32.1. The van der Waals surface area contributed by atoms with Crippen LogP contribution >= 0.6 is 39.1 Å². The minimum atomic E-state index is -0.933. The van der Waals surface area contributed by atoms with Gasteiger partial charge in [-0.2, -0.15) is 5.10 Å². The summed E-state index contributed by atoms with van der Waals surface area (Å²) in [5.41, 5.74) is 6.40. The maximum Gasteiger partial charge on any atom is 0.262 e. The number of amides is 2. The topological polar surface area (TPSA) is 89.0 Å². The van der Waals surface area contributed by atoms with E-state index in [4.69, 9.17) is 32.7 Å². The van der Waals surface area contributed by atoms with Gasteiger partial charge in [-0.1, -0.05) is 83.4 Å². The Kier molecular flexibility index (Phi) is 11.6. The molecular formula is C33H30BrCl2N3O4. The van der Waals surface area contributed by atoms with E-state index in [9.17, 15) is 9.59 Å². The second-order valence-corrected chi connectivity index (χ2v) is 11.5. The van der Waals surface area contributed by atoms with E-state index in [1.165, 1.54) is 17.8 Å². The van der Waals surface area contributed by atoms with Crippen molar-refractivity contribution < 1.29 is 19.1 Å². The first-order chi connectivity index (χ1) is 20.7. The third kappa shape index (κ3) is 9.85. The van der Waals surface area contributed by atoms with Crippen LogP contribution in [0, 0.1) is 6.92 Å². The lowest BCUT2D eigenvalue weighted by molar-refractivity contribution is -0.132. The summed E-state index contributed by atoms with van der Waals surface area (Å²) in [4.78, 5) is 26.2. The highest BCUT2D eigenvalue weighted by Gasteiger charge is 2.25. The number of ether oxygens (including phenoxy) is 2. The van der Waals surface area contributed by atoms with Gasteiger partial charge in [0.1, 0.15) is 24.1 Å². The minimum absolute atomic E-state index is 0.251. The molecule has 0 aliphatic heterocycles. The molecule has 0 fully saturated rings. The van der Waals surface area contributed by atoms with Gasteiger partial charge in [-0.15, -0.1) is 0 Å². The van der Waals surface area contributed by atoms with Crippen molar-refractivity contribution in [2.24, 2.45) is 5.10 Å². The third-order valence-electron chi connectivity index (χ3n) is 6.34. The number of aryl methyl sites for hydroxylation is 1. The van der Waals surface area contributed by atoms with Gasteiger partial charge in [0.25, 0.3) is 11.8 Å². The number of carbonyl (C=O) groups is 2. The van der Waals surface area contributed by atoms with Crippen LogP contribution in [0.4, 0.5) is 0 Å². The molecule has 0 aliphatic carbocycles. The number of nitrogens with zero attached hydrogens (tertiary/aromatic N) is 1. The van der Waals surface area contributed by atoms with E-state index in [1.807, 2.05) is 79.7 Å². The molecule has 0 heterocycles. The molecule has 0 radical (unpaired) electrons. The number of carbonyl (C=O) groups excluding carboxylic acids is 2. The minimum Gasteiger partial charge on any atom is -0.488 e. The van der Waals surface area contributed by atoms with Crippen LogP contribution in [0.25, 0.3) is 0 Å². The number of rotatable bonds is 12. The molecular weight excluding hydrogens is 653 g/mol. The van der Waals surface area contributed by atoms with Crippen LogP contribution in [0.2, 0.25) is 10.0 Å². The van der Waals surface area contributed by atoms with Gasteiger partial charge in [0.15, 0.2) is 6.10 Å². The molecule has 4 rings (SSSR count). The molecule has 2 N–H and O–H groups in total. The maximum atomic E-state index is 13.2. The normalized spacial score (nSPS) is 12.4. The van der Waals surface area contributed by atoms with E-state index in [2.05, 4.69) is 31.8 Å². The summed E-state index contributed by atoms with van der Waals surface area (Å²) in [5.74, 6) is 0.0160. The number of hydrogen-bond acceptors (Lipinski definition) is 5. The van der Waals surface area contributed by atoms with Crippen molar-refractivity contribution in [3.05, 3.63) is 128 Å². The number of nitrogens with one attached hydrogen (secondary N) is 2. The van der Waals surface area contributed by atoms with E-state index in [0.717, 1.165) is 21.2 Å². The van der Waals surface area contributed by atoms with Crippen molar-refractivity contribution in [1.29, 1.82) is 0 Å². The smallest absolute Gasteiger partial charge is 0.262 e. The fourth-order valence-electron chi connectivity index (χ4n) is 3.97. The van der Waals surface area contributed by atoms with E-state index in [0.29, 0.717) is 23.1 Å². The second kappa shape index (κ2) is 15.6. The van der Waals surface area contributed by atoms with Gasteiger partial charge in [0, 0.05) is 11.4 Å². The standard InChI is InChI=1S/C33H30BrCl2N3O4/c1-21-8-10-24(11-9-21)20-42-30-14-12-25(16-27(30)34)19-37-39-33(41)29(17-23-6-4-3-5-7-23)38-32(40)22(2)43-31-15-13-26(35)18-28(31)36/h3-16,18-19,22,29H,17,20H2,1-2H3,(H,38,40)(H,39,41)/b37-19-/t22-,29-/m0/s1. The summed E-state index contributed by atoms with van der Waals surface area (Å²) in [6, 6.07) is 26.8. The molecule has 0 aromatic heterocycles. The zero-order chi connectivity index (χ0) is 30.8. The van der Waals surface area contributed by atoms with Crippen LogP contribution in [0.1, 0.15) is 29.2 Å². The Morgan fingerprint density at radius 3 is 2.33 bits per heavy atom. The highest BCUT2D eigenvalue weighted by atomic mass is 79.9. The third-order valence-corrected chi connectivity index (χ3v) is 7.49. The largest absolute Gasteiger partial charge is 0.488 e. The van der Waals surface area contributed by atoms with Gasteiger partial charge in [0.05, 0.1) is 15.7 Å². The van der Waals surface area contributed by atoms with E-state index in [1.54, 1.807) is 19.1 Å². The SMILES string of the molecule is Cc1ccc(COc2ccc(/C=N\NC(=O)[C@H](Cc3ccccc3)NC(=O)[C@H](C)Oc3ccc(Cl)cc3Cl)cc2Br)cc1. The highest BCUT2D eigenvalue weighted by Crippen LogP contribution is 2.28. The van der Waals surface area contributed by atoms with Crippen LogP contribution in [0.5, 0.6) is 11.5 Å². The Morgan fingerprint density at radius 1 is 0.907 bits per heavy atom. The fourth-order valence-corrected chi connectivity index (χ4v) is 4.94. The average molecular weight is 683 g/mol.